The van der Waals surface area contributed by atoms with Crippen LogP contribution in [-0.4, -0.2) is 47.6 Å². The lowest BCUT2D eigenvalue weighted by Crippen LogP contribution is -2.41. The number of phenols is 1. The minimum atomic E-state index is 0.118. The van der Waals surface area contributed by atoms with Crippen molar-refractivity contribution in [2.45, 2.75) is 37.6 Å². The molecule has 140 valence electrons. The number of hydrogen-bond donors (Lipinski definition) is 2. The van der Waals surface area contributed by atoms with Crippen molar-refractivity contribution in [2.75, 3.05) is 20.6 Å². The Hall–Kier alpha value is -1.92. The van der Waals surface area contributed by atoms with Crippen molar-refractivity contribution in [2.24, 2.45) is 5.92 Å². The highest BCUT2D eigenvalue weighted by Crippen LogP contribution is 2.45. The fourth-order valence-electron chi connectivity index (χ4n) is 3.25. The Balaban J connectivity index is 1.53. The summed E-state index contributed by atoms with van der Waals surface area (Å²) in [6.07, 6.45) is 5.73. The van der Waals surface area contributed by atoms with E-state index in [1.807, 2.05) is 37.9 Å². The van der Waals surface area contributed by atoms with E-state index in [0.717, 1.165) is 12.0 Å². The van der Waals surface area contributed by atoms with Crippen LogP contribution in [0.4, 0.5) is 0 Å². The van der Waals surface area contributed by atoms with E-state index in [1.165, 1.54) is 17.7 Å². The van der Waals surface area contributed by atoms with Gasteiger partial charge in [-0.15, -0.1) is 11.3 Å². The van der Waals surface area contributed by atoms with E-state index in [-0.39, 0.29) is 17.7 Å². The number of nitrogens with zero attached hydrogens (tertiary/aromatic N) is 2. The minimum Gasteiger partial charge on any atom is -0.508 e. The Bertz CT molecular complexity index is 696. The molecule has 0 radical (unpaired) electrons. The summed E-state index contributed by atoms with van der Waals surface area (Å²) in [6.45, 7) is 0.618. The molecule has 1 aromatic carbocycles. The zero-order valence-electron chi connectivity index (χ0n) is 15.4. The first-order valence-corrected chi connectivity index (χ1v) is 10.0. The van der Waals surface area contributed by atoms with Crippen LogP contribution in [0, 0.1) is 5.92 Å². The SMILES string of the molecule is CN(C)[C@H](CNC(=O)C[C@@H](c1cncs1)C1CC1)Cc1ccc(O)cc1. The summed E-state index contributed by atoms with van der Waals surface area (Å²) in [5.74, 6) is 1.35. The van der Waals surface area contributed by atoms with Crippen LogP contribution in [0.25, 0.3) is 0 Å². The lowest BCUT2D eigenvalue weighted by Gasteiger charge is -2.25. The van der Waals surface area contributed by atoms with Crippen LogP contribution >= 0.6 is 11.3 Å². The third kappa shape index (κ3) is 5.29. The van der Waals surface area contributed by atoms with E-state index in [9.17, 15) is 9.90 Å². The number of benzene rings is 1. The van der Waals surface area contributed by atoms with Gasteiger partial charge >= 0.3 is 0 Å². The van der Waals surface area contributed by atoms with Crippen molar-refractivity contribution in [3.63, 3.8) is 0 Å². The van der Waals surface area contributed by atoms with Crippen LogP contribution in [0.15, 0.2) is 36.0 Å². The second-order valence-corrected chi connectivity index (χ2v) is 8.26. The van der Waals surface area contributed by atoms with E-state index >= 15 is 0 Å². The maximum atomic E-state index is 12.5. The highest BCUT2D eigenvalue weighted by Gasteiger charge is 2.34. The molecule has 3 rings (SSSR count). The van der Waals surface area contributed by atoms with E-state index in [4.69, 9.17) is 0 Å². The fourth-order valence-corrected chi connectivity index (χ4v) is 4.07. The number of amides is 1. The Morgan fingerprint density at radius 1 is 1.35 bits per heavy atom. The highest BCUT2D eigenvalue weighted by atomic mass is 32.1. The Kier molecular flexibility index (Phi) is 6.27. The summed E-state index contributed by atoms with van der Waals surface area (Å²) in [6, 6.07) is 7.48. The monoisotopic (exact) mass is 373 g/mol. The Morgan fingerprint density at radius 2 is 2.08 bits per heavy atom. The standard InChI is InChI=1S/C20H27N3O2S/c1-23(2)16(9-14-3-7-17(24)8-4-14)11-22-20(25)10-18(15-5-6-15)19-12-21-13-26-19/h3-4,7-8,12-13,15-16,18,24H,5-6,9-11H2,1-2H3,(H,22,25)/t16-,18+/m0/s1. The maximum absolute atomic E-state index is 12.5. The zero-order valence-corrected chi connectivity index (χ0v) is 16.2. The third-order valence-corrected chi connectivity index (χ3v) is 5.99. The van der Waals surface area contributed by atoms with Gasteiger partial charge in [-0.3, -0.25) is 9.78 Å². The smallest absolute Gasteiger partial charge is 0.220 e. The quantitative estimate of drug-likeness (QED) is 0.709. The lowest BCUT2D eigenvalue weighted by molar-refractivity contribution is -0.121. The number of carbonyl (C=O) groups is 1. The van der Waals surface area contributed by atoms with Crippen LogP contribution in [0.3, 0.4) is 0 Å². The van der Waals surface area contributed by atoms with Gasteiger partial charge in [-0.05, 0) is 57.0 Å². The number of hydrogen-bond acceptors (Lipinski definition) is 5. The molecule has 0 saturated heterocycles. The molecule has 2 atom stereocenters. The first-order valence-electron chi connectivity index (χ1n) is 9.12. The van der Waals surface area contributed by atoms with Crippen molar-refractivity contribution in [3.8, 4) is 5.75 Å². The van der Waals surface area contributed by atoms with Gasteiger partial charge in [-0.2, -0.15) is 0 Å². The molecule has 26 heavy (non-hydrogen) atoms. The largest absolute Gasteiger partial charge is 0.508 e. The summed E-state index contributed by atoms with van der Waals surface area (Å²) in [5, 5.41) is 12.5. The Morgan fingerprint density at radius 3 is 2.65 bits per heavy atom. The summed E-state index contributed by atoms with van der Waals surface area (Å²) in [7, 11) is 4.06. The van der Waals surface area contributed by atoms with Crippen LogP contribution < -0.4 is 5.32 Å². The predicted molar refractivity (Wildman–Crippen MR) is 104 cm³/mol. The topological polar surface area (TPSA) is 65.5 Å². The van der Waals surface area contributed by atoms with E-state index in [0.29, 0.717) is 24.8 Å². The molecular formula is C20H27N3O2S. The van der Waals surface area contributed by atoms with Gasteiger partial charge in [0.2, 0.25) is 5.91 Å². The molecule has 0 aliphatic heterocycles. The number of phenolic OH excluding ortho intramolecular Hbond substituents is 1. The van der Waals surface area contributed by atoms with Gasteiger partial charge in [0, 0.05) is 36.0 Å². The molecule has 1 heterocycles. The zero-order chi connectivity index (χ0) is 18.5. The van der Waals surface area contributed by atoms with E-state index in [1.54, 1.807) is 23.5 Å². The molecular weight excluding hydrogens is 346 g/mol. The summed E-state index contributed by atoms with van der Waals surface area (Å²) < 4.78 is 0. The van der Waals surface area contributed by atoms with Crippen LogP contribution in [0.1, 0.15) is 35.6 Å². The van der Waals surface area contributed by atoms with Gasteiger partial charge in [0.05, 0.1) is 5.51 Å². The number of carbonyl (C=O) groups excluding carboxylic acids is 1. The normalized spacial score (nSPS) is 16.4. The second kappa shape index (κ2) is 8.64. The molecule has 1 aliphatic rings. The summed E-state index contributed by atoms with van der Waals surface area (Å²) in [5.41, 5.74) is 3.00. The molecule has 1 aliphatic carbocycles. The van der Waals surface area contributed by atoms with Crippen molar-refractivity contribution in [1.82, 2.24) is 15.2 Å². The van der Waals surface area contributed by atoms with Gasteiger partial charge in [-0.1, -0.05) is 12.1 Å². The number of nitrogens with one attached hydrogen (secondary N) is 1. The first kappa shape index (κ1) is 18.9. The molecule has 0 spiro atoms. The van der Waals surface area contributed by atoms with Crippen LogP contribution in [0.5, 0.6) is 5.75 Å². The number of thiazole rings is 1. The van der Waals surface area contributed by atoms with E-state index < -0.39 is 0 Å². The molecule has 2 aromatic rings. The molecule has 0 unspecified atom stereocenters. The molecule has 1 amide bonds. The second-order valence-electron chi connectivity index (χ2n) is 7.34. The highest BCUT2D eigenvalue weighted by molar-refractivity contribution is 7.09. The number of rotatable bonds is 9. The van der Waals surface area contributed by atoms with Crippen molar-refractivity contribution in [1.29, 1.82) is 0 Å². The minimum absolute atomic E-state index is 0.118. The summed E-state index contributed by atoms with van der Waals surface area (Å²) >= 11 is 1.65. The van der Waals surface area contributed by atoms with Gasteiger partial charge in [0.1, 0.15) is 5.75 Å². The first-order chi connectivity index (χ1) is 12.5. The number of aromatic hydroxyl groups is 1. The predicted octanol–water partition coefficient (Wildman–Crippen LogP) is 3.02. The average molecular weight is 374 g/mol. The van der Waals surface area contributed by atoms with Crippen molar-refractivity contribution < 1.29 is 9.90 Å². The molecule has 0 bridgehead atoms. The number of likely N-dealkylation sites (N-methyl/N-ethyl adjacent to an activating group) is 1. The van der Waals surface area contributed by atoms with Gasteiger partial charge in [-0.25, -0.2) is 0 Å². The average Bonchev–Trinajstić information content (AvgIpc) is 3.31. The molecule has 1 fully saturated rings. The molecule has 1 saturated carbocycles. The van der Waals surface area contributed by atoms with Crippen LogP contribution in [0.2, 0.25) is 0 Å². The molecule has 5 nitrogen and oxygen atoms in total. The van der Waals surface area contributed by atoms with Gasteiger partial charge in [0.15, 0.2) is 0 Å². The third-order valence-electron chi connectivity index (χ3n) is 5.09. The van der Waals surface area contributed by atoms with Crippen molar-refractivity contribution in [3.05, 3.63) is 46.4 Å². The fraction of sp³-hybridized carbons (Fsp3) is 0.500. The van der Waals surface area contributed by atoms with E-state index in [2.05, 4.69) is 15.2 Å². The number of aromatic nitrogens is 1. The summed E-state index contributed by atoms with van der Waals surface area (Å²) in [4.78, 5) is 20.1. The van der Waals surface area contributed by atoms with Gasteiger partial charge < -0.3 is 15.3 Å². The maximum Gasteiger partial charge on any atom is 0.220 e. The molecule has 1 aromatic heterocycles. The molecule has 2 N–H and O–H groups in total. The van der Waals surface area contributed by atoms with Gasteiger partial charge in [0.25, 0.3) is 0 Å². The lowest BCUT2D eigenvalue weighted by atomic mass is 9.97. The van der Waals surface area contributed by atoms with Crippen molar-refractivity contribution >= 4 is 17.2 Å². The van der Waals surface area contributed by atoms with Crippen LogP contribution in [-0.2, 0) is 11.2 Å². The molecule has 6 heteroatoms. The Labute approximate surface area is 159 Å².